The van der Waals surface area contributed by atoms with Crippen molar-refractivity contribution in [2.45, 2.75) is 94.8 Å². The number of amides is 3. The second kappa shape index (κ2) is 23.4. The van der Waals surface area contributed by atoms with Crippen LogP contribution in [0.4, 0.5) is 14.4 Å². The smallest absolute Gasteiger partial charge is 0.410 e. The van der Waals surface area contributed by atoms with Gasteiger partial charge < -0.3 is 44.8 Å². The van der Waals surface area contributed by atoms with Gasteiger partial charge in [0.25, 0.3) is 0 Å². The number of nitrogens with zero attached hydrogens (tertiary/aromatic N) is 3. The molecule has 0 radical (unpaired) electrons. The number of aliphatic hydroxyl groups excluding tert-OH is 3. The van der Waals surface area contributed by atoms with Gasteiger partial charge in [-0.05, 0) is 55.2 Å². The molecule has 3 aliphatic heterocycles. The topological polar surface area (TPSA) is 261 Å². The SMILES string of the molecule is O=C(O)C1CCC(O)CN1C(=O)OCc1ccccc1.O=C(O)C1CCC(O)CN1C(=O)OCc1ccccc1.O=C(O)[C@@H]1CC[C@@H](O)CN1C(=O)OCc1ccccc1. The summed E-state index contributed by atoms with van der Waals surface area (Å²) in [5, 5.41) is 56.0. The van der Waals surface area contributed by atoms with Gasteiger partial charge in [0, 0.05) is 0 Å². The van der Waals surface area contributed by atoms with E-state index in [4.69, 9.17) is 29.5 Å². The summed E-state index contributed by atoms with van der Waals surface area (Å²) in [6, 6.07) is 24.6. The Morgan fingerprint density at radius 1 is 0.417 bits per heavy atom. The number of carboxylic acids is 3. The number of aliphatic carboxylic acids is 3. The van der Waals surface area contributed by atoms with Crippen molar-refractivity contribution in [2.75, 3.05) is 19.6 Å². The van der Waals surface area contributed by atoms with E-state index in [1.807, 2.05) is 91.0 Å². The third-order valence-electron chi connectivity index (χ3n) is 9.85. The Morgan fingerprint density at radius 2 is 0.650 bits per heavy atom. The lowest BCUT2D eigenvalue weighted by Crippen LogP contribution is -2.52. The van der Waals surface area contributed by atoms with E-state index in [0.717, 1.165) is 31.4 Å². The quantitative estimate of drug-likeness (QED) is 0.168. The maximum absolute atomic E-state index is 12.0. The van der Waals surface area contributed by atoms with E-state index in [1.54, 1.807) is 0 Å². The number of benzene rings is 3. The van der Waals surface area contributed by atoms with Gasteiger partial charge in [-0.15, -0.1) is 0 Å². The molecular weight excluding hydrogens is 786 g/mol. The number of aliphatic hydroxyl groups is 3. The van der Waals surface area contributed by atoms with E-state index >= 15 is 0 Å². The molecule has 6 N–H and O–H groups in total. The first-order valence-electron chi connectivity index (χ1n) is 19.4. The molecular formula is C42H51N3O15. The Bertz CT molecular complexity index is 1640. The Hall–Kier alpha value is -6.24. The van der Waals surface area contributed by atoms with Crippen molar-refractivity contribution >= 4 is 36.2 Å². The van der Waals surface area contributed by atoms with Crippen LogP contribution < -0.4 is 0 Å². The fourth-order valence-corrected chi connectivity index (χ4v) is 6.64. The van der Waals surface area contributed by atoms with Crippen LogP contribution in [0.5, 0.6) is 0 Å². The predicted octanol–water partition coefficient (Wildman–Crippen LogP) is 3.70. The fraction of sp³-hybridized carbons (Fsp3) is 0.429. The number of piperidine rings is 3. The summed E-state index contributed by atoms with van der Waals surface area (Å²) in [5.41, 5.74) is 2.47. The molecule has 0 bridgehead atoms. The standard InChI is InChI=1S/3C14H17NO5/c3*16-11-6-7-12(13(17)18)15(8-11)14(19)20-9-10-4-2-1-3-5-10/h3*1-5,11-12,16H,6-9H2,(H,17,18)/t11-,12+;;/m1../s1. The Morgan fingerprint density at radius 3 is 0.867 bits per heavy atom. The van der Waals surface area contributed by atoms with Crippen LogP contribution in [0, 0.1) is 0 Å². The zero-order valence-corrected chi connectivity index (χ0v) is 32.8. The van der Waals surface area contributed by atoms with Crippen LogP contribution in [0.1, 0.15) is 55.2 Å². The van der Waals surface area contributed by atoms with Crippen LogP contribution in [-0.4, -0.2) is 138 Å². The van der Waals surface area contributed by atoms with Gasteiger partial charge in [-0.25, -0.2) is 28.8 Å². The number of likely N-dealkylation sites (tertiary alicyclic amines) is 3. The molecule has 3 saturated heterocycles. The van der Waals surface area contributed by atoms with E-state index in [0.29, 0.717) is 19.3 Å². The first kappa shape index (κ1) is 46.4. The Kier molecular flexibility index (Phi) is 18.1. The highest BCUT2D eigenvalue weighted by atomic mass is 16.6. The highest BCUT2D eigenvalue weighted by Crippen LogP contribution is 2.22. The summed E-state index contributed by atoms with van der Waals surface area (Å²) in [6.07, 6.45) is -2.40. The van der Waals surface area contributed by atoms with Gasteiger partial charge in [0.15, 0.2) is 0 Å². The molecule has 0 spiro atoms. The van der Waals surface area contributed by atoms with Crippen molar-refractivity contribution in [3.63, 3.8) is 0 Å². The van der Waals surface area contributed by atoms with E-state index in [1.165, 1.54) is 0 Å². The van der Waals surface area contributed by atoms with Crippen molar-refractivity contribution in [3.05, 3.63) is 108 Å². The van der Waals surface area contributed by atoms with Crippen molar-refractivity contribution in [2.24, 2.45) is 0 Å². The Labute approximate surface area is 346 Å². The average Bonchev–Trinajstić information content (AvgIpc) is 3.25. The van der Waals surface area contributed by atoms with Gasteiger partial charge in [-0.2, -0.15) is 0 Å². The molecule has 3 aliphatic rings. The number of ether oxygens (including phenoxy) is 3. The summed E-state index contributed by atoms with van der Waals surface area (Å²) in [6.45, 7) is 0.218. The molecule has 324 valence electrons. The number of carbonyl (C=O) groups excluding carboxylic acids is 3. The molecule has 6 rings (SSSR count). The molecule has 3 heterocycles. The monoisotopic (exact) mass is 837 g/mol. The molecule has 3 fully saturated rings. The molecule has 3 amide bonds. The first-order chi connectivity index (χ1) is 28.7. The first-order valence-corrected chi connectivity index (χ1v) is 19.4. The molecule has 60 heavy (non-hydrogen) atoms. The zero-order chi connectivity index (χ0) is 43.6. The lowest BCUT2D eigenvalue weighted by molar-refractivity contribution is -0.146. The number of β-amino-alcohol motifs (C(OH)–C–C–N with tert-alkyl or cyclic N) is 3. The summed E-state index contributed by atoms with van der Waals surface area (Å²) in [4.78, 5) is 72.5. The number of hydrogen-bond acceptors (Lipinski definition) is 12. The summed E-state index contributed by atoms with van der Waals surface area (Å²) in [5.74, 6) is -3.23. The van der Waals surface area contributed by atoms with Gasteiger partial charge >= 0.3 is 36.2 Å². The van der Waals surface area contributed by atoms with Crippen LogP contribution in [0.15, 0.2) is 91.0 Å². The van der Waals surface area contributed by atoms with Crippen molar-refractivity contribution < 1.29 is 73.6 Å². The minimum Gasteiger partial charge on any atom is -0.480 e. The molecule has 18 heteroatoms. The third-order valence-corrected chi connectivity index (χ3v) is 9.85. The molecule has 0 saturated carbocycles. The van der Waals surface area contributed by atoms with Gasteiger partial charge in [0.2, 0.25) is 0 Å². The van der Waals surface area contributed by atoms with Crippen molar-refractivity contribution in [1.82, 2.24) is 14.7 Å². The molecule has 18 nitrogen and oxygen atoms in total. The van der Waals surface area contributed by atoms with Crippen LogP contribution >= 0.6 is 0 Å². The highest BCUT2D eigenvalue weighted by Gasteiger charge is 2.38. The van der Waals surface area contributed by atoms with Gasteiger partial charge in [0.1, 0.15) is 37.9 Å². The largest absolute Gasteiger partial charge is 0.480 e. The maximum atomic E-state index is 12.0. The highest BCUT2D eigenvalue weighted by molar-refractivity contribution is 5.81. The van der Waals surface area contributed by atoms with Gasteiger partial charge in [0.05, 0.1) is 37.9 Å². The number of hydrogen-bond donors (Lipinski definition) is 6. The van der Waals surface area contributed by atoms with Gasteiger partial charge in [-0.3, -0.25) is 14.7 Å². The lowest BCUT2D eigenvalue weighted by Gasteiger charge is -2.34. The zero-order valence-electron chi connectivity index (χ0n) is 32.8. The lowest BCUT2D eigenvalue weighted by atomic mass is 10.0. The van der Waals surface area contributed by atoms with Gasteiger partial charge in [-0.1, -0.05) is 91.0 Å². The minimum absolute atomic E-state index is 0.00934. The average molecular weight is 838 g/mol. The van der Waals surface area contributed by atoms with Crippen LogP contribution in [0.3, 0.4) is 0 Å². The molecule has 4 unspecified atom stereocenters. The molecule has 3 aromatic rings. The summed E-state index contributed by atoms with van der Waals surface area (Å²) in [7, 11) is 0. The molecule has 6 atom stereocenters. The summed E-state index contributed by atoms with van der Waals surface area (Å²) < 4.78 is 15.3. The number of rotatable bonds is 9. The second-order valence-corrected chi connectivity index (χ2v) is 14.3. The normalized spacial score (nSPS) is 22.4. The Balaban J connectivity index is 0.000000198. The van der Waals surface area contributed by atoms with E-state index in [2.05, 4.69) is 0 Å². The van der Waals surface area contributed by atoms with Crippen LogP contribution in [0.2, 0.25) is 0 Å². The third kappa shape index (κ3) is 14.5. The van der Waals surface area contributed by atoms with Crippen LogP contribution in [0.25, 0.3) is 0 Å². The van der Waals surface area contributed by atoms with E-state index in [9.17, 15) is 44.1 Å². The molecule has 0 aromatic heterocycles. The predicted molar refractivity (Wildman–Crippen MR) is 210 cm³/mol. The maximum Gasteiger partial charge on any atom is 0.410 e. The fourth-order valence-electron chi connectivity index (χ4n) is 6.64. The van der Waals surface area contributed by atoms with Crippen molar-refractivity contribution in [1.29, 1.82) is 0 Å². The van der Waals surface area contributed by atoms with E-state index in [-0.39, 0.29) is 58.7 Å². The van der Waals surface area contributed by atoms with Crippen molar-refractivity contribution in [3.8, 4) is 0 Å². The van der Waals surface area contributed by atoms with Crippen LogP contribution in [-0.2, 0) is 48.4 Å². The summed E-state index contributed by atoms with van der Waals surface area (Å²) >= 11 is 0. The molecule has 0 aliphatic carbocycles. The second-order valence-electron chi connectivity index (χ2n) is 14.3. The minimum atomic E-state index is -1.08. The van der Waals surface area contributed by atoms with E-state index < -0.39 is 72.6 Å². The number of carbonyl (C=O) groups is 6. The molecule has 3 aromatic carbocycles. The number of carboxylic acid groups (broad SMARTS) is 3.